The van der Waals surface area contributed by atoms with Gasteiger partial charge in [-0.3, -0.25) is 9.89 Å². The van der Waals surface area contributed by atoms with Gasteiger partial charge >= 0.3 is 0 Å². The van der Waals surface area contributed by atoms with Crippen LogP contribution in [0.4, 0.5) is 17.1 Å². The number of anilines is 3. The maximum Gasteiger partial charge on any atom is 0.262 e. The first kappa shape index (κ1) is 12.3. The predicted molar refractivity (Wildman–Crippen MR) is 73.4 cm³/mol. The highest BCUT2D eigenvalue weighted by Gasteiger charge is 2.19. The van der Waals surface area contributed by atoms with Gasteiger partial charge in [0, 0.05) is 6.07 Å². The highest BCUT2D eigenvalue weighted by molar-refractivity contribution is 5.97. The standard InChI is InChI=1S/C12H14N6O2/c1-6(12-14-5-15-18-12)16-8-3-9-10(2-7(8)13)20-4-11(19)17-9/h2-3,5-6,16H,4,13H2,1H3,(H,17,19)(H,14,15,18). The molecule has 1 aromatic carbocycles. The molecular weight excluding hydrogens is 260 g/mol. The number of H-pyrrole nitrogens is 1. The number of amides is 1. The number of hydrogen-bond donors (Lipinski definition) is 4. The minimum atomic E-state index is -0.184. The van der Waals surface area contributed by atoms with Crippen molar-refractivity contribution < 1.29 is 9.53 Å². The van der Waals surface area contributed by atoms with E-state index in [9.17, 15) is 4.79 Å². The molecule has 1 unspecified atom stereocenters. The first-order valence-corrected chi connectivity index (χ1v) is 6.11. The molecule has 2 aromatic rings. The number of rotatable bonds is 3. The minimum absolute atomic E-state index is 0.00762. The molecule has 1 atom stereocenters. The number of carbonyl (C=O) groups is 1. The van der Waals surface area contributed by atoms with E-state index in [-0.39, 0.29) is 18.6 Å². The first-order chi connectivity index (χ1) is 9.63. The van der Waals surface area contributed by atoms with Crippen LogP contribution in [0.3, 0.4) is 0 Å². The van der Waals surface area contributed by atoms with Crippen molar-refractivity contribution in [2.24, 2.45) is 0 Å². The fourth-order valence-corrected chi connectivity index (χ4v) is 1.99. The summed E-state index contributed by atoms with van der Waals surface area (Å²) >= 11 is 0. The molecule has 5 N–H and O–H groups in total. The van der Waals surface area contributed by atoms with Crippen molar-refractivity contribution in [3.05, 3.63) is 24.3 Å². The van der Waals surface area contributed by atoms with E-state index in [2.05, 4.69) is 25.8 Å². The monoisotopic (exact) mass is 274 g/mol. The number of aromatic nitrogens is 3. The molecule has 2 heterocycles. The van der Waals surface area contributed by atoms with E-state index in [1.807, 2.05) is 6.92 Å². The quantitative estimate of drug-likeness (QED) is 0.617. The molecule has 0 aliphatic carbocycles. The van der Waals surface area contributed by atoms with Gasteiger partial charge in [-0.1, -0.05) is 0 Å². The van der Waals surface area contributed by atoms with Crippen LogP contribution < -0.4 is 21.1 Å². The van der Waals surface area contributed by atoms with Gasteiger partial charge in [0.25, 0.3) is 5.91 Å². The molecule has 0 bridgehead atoms. The SMILES string of the molecule is CC(Nc1cc2c(cc1N)OCC(=O)N2)c1ncn[nH]1. The van der Waals surface area contributed by atoms with Crippen LogP contribution in [-0.2, 0) is 4.79 Å². The van der Waals surface area contributed by atoms with E-state index in [4.69, 9.17) is 10.5 Å². The summed E-state index contributed by atoms with van der Waals surface area (Å²) in [7, 11) is 0. The maximum absolute atomic E-state index is 11.3. The van der Waals surface area contributed by atoms with Crippen molar-refractivity contribution >= 4 is 23.0 Å². The number of aromatic amines is 1. The molecule has 0 saturated carbocycles. The molecule has 1 aliphatic rings. The van der Waals surface area contributed by atoms with Crippen LogP contribution in [0.2, 0.25) is 0 Å². The van der Waals surface area contributed by atoms with Crippen LogP contribution in [-0.4, -0.2) is 27.7 Å². The number of fused-ring (bicyclic) bond motifs is 1. The number of carbonyl (C=O) groups excluding carboxylic acids is 1. The van der Waals surface area contributed by atoms with Crippen molar-refractivity contribution in [1.82, 2.24) is 15.2 Å². The molecule has 8 nitrogen and oxygen atoms in total. The summed E-state index contributed by atoms with van der Waals surface area (Å²) in [6.45, 7) is 1.93. The van der Waals surface area contributed by atoms with Gasteiger partial charge < -0.3 is 21.1 Å². The van der Waals surface area contributed by atoms with Gasteiger partial charge in [0.05, 0.1) is 23.1 Å². The van der Waals surface area contributed by atoms with Gasteiger partial charge in [-0.15, -0.1) is 0 Å². The smallest absolute Gasteiger partial charge is 0.262 e. The number of nitrogen functional groups attached to an aromatic ring is 1. The number of nitrogens with two attached hydrogens (primary N) is 1. The lowest BCUT2D eigenvalue weighted by Crippen LogP contribution is -2.25. The van der Waals surface area contributed by atoms with Gasteiger partial charge in [0.15, 0.2) is 6.61 Å². The van der Waals surface area contributed by atoms with E-state index in [1.54, 1.807) is 12.1 Å². The Hall–Kier alpha value is -2.77. The minimum Gasteiger partial charge on any atom is -0.482 e. The van der Waals surface area contributed by atoms with Crippen LogP contribution in [0.1, 0.15) is 18.8 Å². The Kier molecular flexibility index (Phi) is 2.90. The summed E-state index contributed by atoms with van der Waals surface area (Å²) in [5, 5.41) is 12.5. The van der Waals surface area contributed by atoms with Crippen LogP contribution >= 0.6 is 0 Å². The summed E-state index contributed by atoms with van der Waals surface area (Å²) in [5.41, 5.74) is 7.81. The lowest BCUT2D eigenvalue weighted by Gasteiger charge is -2.21. The number of hydrogen-bond acceptors (Lipinski definition) is 6. The fourth-order valence-electron chi connectivity index (χ4n) is 1.99. The normalized spacial score (nSPS) is 14.9. The van der Waals surface area contributed by atoms with Crippen LogP contribution in [0.5, 0.6) is 5.75 Å². The molecule has 104 valence electrons. The van der Waals surface area contributed by atoms with Crippen molar-refractivity contribution in [2.45, 2.75) is 13.0 Å². The van der Waals surface area contributed by atoms with Crippen molar-refractivity contribution in [3.8, 4) is 5.75 Å². The van der Waals surface area contributed by atoms with E-state index in [0.29, 0.717) is 28.6 Å². The lowest BCUT2D eigenvalue weighted by atomic mass is 10.2. The zero-order valence-electron chi connectivity index (χ0n) is 10.8. The Morgan fingerprint density at radius 3 is 3.10 bits per heavy atom. The van der Waals surface area contributed by atoms with E-state index in [1.165, 1.54) is 6.33 Å². The summed E-state index contributed by atoms with van der Waals surface area (Å²) in [5.74, 6) is 1.08. The highest BCUT2D eigenvalue weighted by atomic mass is 16.5. The topological polar surface area (TPSA) is 118 Å². The molecule has 0 spiro atoms. The van der Waals surface area contributed by atoms with Gasteiger partial charge in [0.1, 0.15) is 17.9 Å². The molecule has 0 saturated heterocycles. The second kappa shape index (κ2) is 4.72. The zero-order valence-corrected chi connectivity index (χ0v) is 10.8. The van der Waals surface area contributed by atoms with E-state index in [0.717, 1.165) is 0 Å². The average molecular weight is 274 g/mol. The van der Waals surface area contributed by atoms with Crippen LogP contribution in [0, 0.1) is 0 Å². The van der Waals surface area contributed by atoms with Gasteiger partial charge in [-0.2, -0.15) is 5.10 Å². The Morgan fingerprint density at radius 2 is 2.35 bits per heavy atom. The fraction of sp³-hybridized carbons (Fsp3) is 0.250. The second-order valence-corrected chi connectivity index (χ2v) is 4.51. The highest BCUT2D eigenvalue weighted by Crippen LogP contribution is 2.36. The molecular formula is C12H14N6O2. The average Bonchev–Trinajstić information content (AvgIpc) is 2.94. The maximum atomic E-state index is 11.3. The molecule has 1 amide bonds. The molecule has 0 fully saturated rings. The zero-order chi connectivity index (χ0) is 14.1. The number of nitrogens with one attached hydrogen (secondary N) is 3. The van der Waals surface area contributed by atoms with Crippen LogP contribution in [0.25, 0.3) is 0 Å². The Labute approximate surface area is 114 Å². The second-order valence-electron chi connectivity index (χ2n) is 4.51. The van der Waals surface area contributed by atoms with Crippen molar-refractivity contribution in [3.63, 3.8) is 0 Å². The van der Waals surface area contributed by atoms with Crippen molar-refractivity contribution in [2.75, 3.05) is 23.0 Å². The van der Waals surface area contributed by atoms with E-state index < -0.39 is 0 Å². The third kappa shape index (κ3) is 2.22. The molecule has 8 heteroatoms. The molecule has 3 rings (SSSR count). The lowest BCUT2D eigenvalue weighted by molar-refractivity contribution is -0.118. The first-order valence-electron chi connectivity index (χ1n) is 6.11. The summed E-state index contributed by atoms with van der Waals surface area (Å²) in [4.78, 5) is 15.4. The molecule has 1 aromatic heterocycles. The van der Waals surface area contributed by atoms with Gasteiger partial charge in [0.2, 0.25) is 0 Å². The van der Waals surface area contributed by atoms with Crippen molar-refractivity contribution in [1.29, 1.82) is 0 Å². The summed E-state index contributed by atoms with van der Waals surface area (Å²) in [6, 6.07) is 3.33. The largest absolute Gasteiger partial charge is 0.482 e. The molecule has 20 heavy (non-hydrogen) atoms. The number of ether oxygens (including phenoxy) is 1. The number of benzene rings is 1. The van der Waals surface area contributed by atoms with Gasteiger partial charge in [-0.25, -0.2) is 4.98 Å². The predicted octanol–water partition coefficient (Wildman–Crippen LogP) is 0.891. The van der Waals surface area contributed by atoms with Gasteiger partial charge in [-0.05, 0) is 13.0 Å². The third-order valence-electron chi connectivity index (χ3n) is 3.00. The summed E-state index contributed by atoms with van der Waals surface area (Å²) < 4.78 is 5.30. The summed E-state index contributed by atoms with van der Waals surface area (Å²) in [6.07, 6.45) is 1.44. The Bertz CT molecular complexity index is 640. The Balaban J connectivity index is 1.86. The molecule has 1 aliphatic heterocycles. The third-order valence-corrected chi connectivity index (χ3v) is 3.00. The Morgan fingerprint density at radius 1 is 1.50 bits per heavy atom. The van der Waals surface area contributed by atoms with E-state index >= 15 is 0 Å². The molecule has 0 radical (unpaired) electrons. The number of nitrogens with zero attached hydrogens (tertiary/aromatic N) is 2. The van der Waals surface area contributed by atoms with Crippen LogP contribution in [0.15, 0.2) is 18.5 Å².